The van der Waals surface area contributed by atoms with Crippen molar-refractivity contribution in [3.05, 3.63) is 35.4 Å². The SMILES string of the molecule is COc1ccc(C=C2C3CCCCC23)cc1. The lowest BCUT2D eigenvalue weighted by molar-refractivity contribution is 0.415. The quantitative estimate of drug-likeness (QED) is 0.725. The Morgan fingerprint density at radius 3 is 2.25 bits per heavy atom. The number of ether oxygens (including phenoxy) is 1. The van der Waals surface area contributed by atoms with Gasteiger partial charge in [-0.2, -0.15) is 0 Å². The molecule has 2 aliphatic carbocycles. The lowest BCUT2D eigenvalue weighted by Crippen LogP contribution is -1.91. The van der Waals surface area contributed by atoms with Gasteiger partial charge < -0.3 is 4.74 Å². The Kier molecular flexibility index (Phi) is 2.47. The van der Waals surface area contributed by atoms with Crippen molar-refractivity contribution in [2.24, 2.45) is 11.8 Å². The Bertz CT molecular complexity index is 388. The molecule has 0 spiro atoms. The summed E-state index contributed by atoms with van der Waals surface area (Å²) in [6, 6.07) is 8.38. The van der Waals surface area contributed by atoms with Crippen molar-refractivity contribution in [3.8, 4) is 5.75 Å². The second-order valence-corrected chi connectivity index (χ2v) is 4.91. The highest BCUT2D eigenvalue weighted by Crippen LogP contribution is 2.55. The number of benzene rings is 1. The molecule has 1 aromatic rings. The third-order valence-electron chi connectivity index (χ3n) is 3.96. The largest absolute Gasteiger partial charge is 0.497 e. The number of hydrogen-bond acceptors (Lipinski definition) is 1. The van der Waals surface area contributed by atoms with Crippen molar-refractivity contribution < 1.29 is 4.74 Å². The molecule has 2 atom stereocenters. The van der Waals surface area contributed by atoms with E-state index in [-0.39, 0.29) is 0 Å². The lowest BCUT2D eigenvalue weighted by atomic mass is 10.0. The molecule has 0 amide bonds. The van der Waals surface area contributed by atoms with Crippen molar-refractivity contribution in [1.82, 2.24) is 0 Å². The van der Waals surface area contributed by atoms with Gasteiger partial charge in [-0.25, -0.2) is 0 Å². The van der Waals surface area contributed by atoms with Crippen LogP contribution in [0, 0.1) is 11.8 Å². The van der Waals surface area contributed by atoms with Crippen LogP contribution in [0.5, 0.6) is 5.75 Å². The molecule has 0 aromatic heterocycles. The molecule has 2 saturated carbocycles. The van der Waals surface area contributed by atoms with E-state index >= 15 is 0 Å². The third kappa shape index (κ3) is 1.75. The standard InChI is InChI=1S/C15H18O/c1-16-12-8-6-11(7-9-12)10-15-13-4-2-3-5-14(13)15/h6-10,13-14H,2-5H2,1H3. The van der Waals surface area contributed by atoms with Gasteiger partial charge in [-0.05, 0) is 42.4 Å². The van der Waals surface area contributed by atoms with Crippen LogP contribution in [0.4, 0.5) is 0 Å². The molecule has 1 aromatic carbocycles. The highest BCUT2D eigenvalue weighted by atomic mass is 16.5. The predicted octanol–water partition coefficient (Wildman–Crippen LogP) is 3.90. The highest BCUT2D eigenvalue weighted by molar-refractivity contribution is 5.60. The first-order valence-corrected chi connectivity index (χ1v) is 6.24. The smallest absolute Gasteiger partial charge is 0.118 e. The average molecular weight is 214 g/mol. The summed E-state index contributed by atoms with van der Waals surface area (Å²) >= 11 is 0. The van der Waals surface area contributed by atoms with Crippen LogP contribution >= 0.6 is 0 Å². The number of methoxy groups -OCH3 is 1. The van der Waals surface area contributed by atoms with Gasteiger partial charge in [-0.1, -0.05) is 36.6 Å². The van der Waals surface area contributed by atoms with Crippen molar-refractivity contribution in [3.63, 3.8) is 0 Å². The van der Waals surface area contributed by atoms with E-state index in [2.05, 4.69) is 18.2 Å². The van der Waals surface area contributed by atoms with E-state index in [0.29, 0.717) is 0 Å². The van der Waals surface area contributed by atoms with Gasteiger partial charge >= 0.3 is 0 Å². The fourth-order valence-corrected chi connectivity index (χ4v) is 2.97. The first kappa shape index (κ1) is 9.95. The van der Waals surface area contributed by atoms with Gasteiger partial charge in [0.15, 0.2) is 0 Å². The zero-order valence-electron chi connectivity index (χ0n) is 9.78. The van der Waals surface area contributed by atoms with Crippen LogP contribution in [0.1, 0.15) is 31.2 Å². The molecule has 2 aliphatic rings. The van der Waals surface area contributed by atoms with Gasteiger partial charge in [0.05, 0.1) is 7.11 Å². The summed E-state index contributed by atoms with van der Waals surface area (Å²) in [5, 5.41) is 0. The molecule has 0 saturated heterocycles. The lowest BCUT2D eigenvalue weighted by Gasteiger charge is -2.04. The molecular formula is C15H18O. The third-order valence-corrected chi connectivity index (χ3v) is 3.96. The van der Waals surface area contributed by atoms with Crippen molar-refractivity contribution in [2.45, 2.75) is 25.7 Å². The van der Waals surface area contributed by atoms with E-state index < -0.39 is 0 Å². The van der Waals surface area contributed by atoms with Gasteiger partial charge in [-0.3, -0.25) is 0 Å². The summed E-state index contributed by atoms with van der Waals surface area (Å²) in [5.74, 6) is 2.79. The molecule has 3 rings (SSSR count). The van der Waals surface area contributed by atoms with E-state index in [4.69, 9.17) is 4.74 Å². The molecule has 2 unspecified atom stereocenters. The van der Waals surface area contributed by atoms with E-state index in [0.717, 1.165) is 17.6 Å². The van der Waals surface area contributed by atoms with Crippen LogP contribution < -0.4 is 4.74 Å². The minimum absolute atomic E-state index is 0.927. The molecular weight excluding hydrogens is 196 g/mol. The molecule has 1 heteroatoms. The maximum Gasteiger partial charge on any atom is 0.118 e. The maximum atomic E-state index is 5.16. The van der Waals surface area contributed by atoms with Crippen molar-refractivity contribution in [1.29, 1.82) is 0 Å². The zero-order valence-corrected chi connectivity index (χ0v) is 9.78. The van der Waals surface area contributed by atoms with Gasteiger partial charge in [0, 0.05) is 0 Å². The van der Waals surface area contributed by atoms with Crippen LogP contribution in [0.25, 0.3) is 6.08 Å². The van der Waals surface area contributed by atoms with Gasteiger partial charge in [0.1, 0.15) is 5.75 Å². The molecule has 0 aliphatic heterocycles. The van der Waals surface area contributed by atoms with E-state index in [1.807, 2.05) is 12.1 Å². The van der Waals surface area contributed by atoms with Crippen molar-refractivity contribution in [2.75, 3.05) is 7.11 Å². The monoisotopic (exact) mass is 214 g/mol. The summed E-state index contributed by atoms with van der Waals surface area (Å²) in [6.45, 7) is 0. The summed E-state index contributed by atoms with van der Waals surface area (Å²) in [7, 11) is 1.71. The second-order valence-electron chi connectivity index (χ2n) is 4.91. The number of allylic oxidation sites excluding steroid dienone is 1. The summed E-state index contributed by atoms with van der Waals surface area (Å²) in [6.07, 6.45) is 8.10. The average Bonchev–Trinajstić information content (AvgIpc) is 3.04. The Hall–Kier alpha value is -1.24. The minimum atomic E-state index is 0.927. The van der Waals surface area contributed by atoms with E-state index in [9.17, 15) is 0 Å². The molecule has 0 radical (unpaired) electrons. The normalized spacial score (nSPS) is 27.2. The molecule has 2 fully saturated rings. The Labute approximate surface area is 97.1 Å². The maximum absolute atomic E-state index is 5.16. The Balaban J connectivity index is 1.76. The number of rotatable bonds is 2. The summed E-state index contributed by atoms with van der Waals surface area (Å²) < 4.78 is 5.16. The fourth-order valence-electron chi connectivity index (χ4n) is 2.97. The zero-order chi connectivity index (χ0) is 11.0. The number of hydrogen-bond donors (Lipinski definition) is 0. The van der Waals surface area contributed by atoms with Crippen LogP contribution in [-0.2, 0) is 0 Å². The van der Waals surface area contributed by atoms with Crippen LogP contribution in [0.2, 0.25) is 0 Å². The first-order chi connectivity index (χ1) is 7.88. The van der Waals surface area contributed by atoms with Gasteiger partial charge in [0.25, 0.3) is 0 Å². The van der Waals surface area contributed by atoms with Crippen LogP contribution in [0.3, 0.4) is 0 Å². The second kappa shape index (κ2) is 3.97. The van der Waals surface area contributed by atoms with Crippen molar-refractivity contribution >= 4 is 6.08 Å². The fraction of sp³-hybridized carbons (Fsp3) is 0.467. The Morgan fingerprint density at radius 1 is 1.06 bits per heavy atom. The van der Waals surface area contributed by atoms with Crippen LogP contribution in [-0.4, -0.2) is 7.11 Å². The first-order valence-electron chi connectivity index (χ1n) is 6.24. The molecule has 0 N–H and O–H groups in total. The Morgan fingerprint density at radius 2 is 1.69 bits per heavy atom. The number of fused-ring (bicyclic) bond motifs is 1. The summed E-state index contributed by atoms with van der Waals surface area (Å²) in [5.41, 5.74) is 3.02. The highest BCUT2D eigenvalue weighted by Gasteiger charge is 2.44. The molecule has 1 nitrogen and oxygen atoms in total. The van der Waals surface area contributed by atoms with Gasteiger partial charge in [-0.15, -0.1) is 0 Å². The molecule has 0 heterocycles. The molecule has 0 bridgehead atoms. The molecule has 84 valence electrons. The molecule has 16 heavy (non-hydrogen) atoms. The van der Waals surface area contributed by atoms with Crippen LogP contribution in [0.15, 0.2) is 29.8 Å². The predicted molar refractivity (Wildman–Crippen MR) is 66.4 cm³/mol. The minimum Gasteiger partial charge on any atom is -0.497 e. The van der Waals surface area contributed by atoms with E-state index in [1.165, 1.54) is 31.2 Å². The van der Waals surface area contributed by atoms with Gasteiger partial charge in [0.2, 0.25) is 0 Å². The summed E-state index contributed by atoms with van der Waals surface area (Å²) in [4.78, 5) is 0. The van der Waals surface area contributed by atoms with E-state index in [1.54, 1.807) is 12.7 Å². The topological polar surface area (TPSA) is 9.23 Å².